The van der Waals surface area contributed by atoms with Gasteiger partial charge in [0.2, 0.25) is 5.95 Å². The third kappa shape index (κ3) is 3.50. The minimum atomic E-state index is -2.88. The van der Waals surface area contributed by atoms with Gasteiger partial charge in [-0.2, -0.15) is 10.1 Å². The van der Waals surface area contributed by atoms with Crippen molar-refractivity contribution in [3.05, 3.63) is 22.6 Å². The van der Waals surface area contributed by atoms with Crippen molar-refractivity contribution in [3.63, 3.8) is 0 Å². The summed E-state index contributed by atoms with van der Waals surface area (Å²) in [5, 5.41) is 11.1. The van der Waals surface area contributed by atoms with Gasteiger partial charge in [-0.15, -0.1) is 0 Å². The van der Waals surface area contributed by atoms with E-state index < -0.39 is 9.84 Å². The van der Waals surface area contributed by atoms with Gasteiger partial charge in [-0.1, -0.05) is 0 Å². The highest BCUT2D eigenvalue weighted by Gasteiger charge is 2.37. The summed E-state index contributed by atoms with van der Waals surface area (Å²) < 4.78 is 25.5. The maximum atomic E-state index is 11.4. The van der Waals surface area contributed by atoms with Crippen molar-refractivity contribution in [2.75, 3.05) is 28.7 Å². The Kier molecular flexibility index (Phi) is 4.19. The lowest BCUT2D eigenvalue weighted by molar-refractivity contribution is 0.470. The number of hydrogen-bond acceptors (Lipinski definition) is 7. The molecule has 0 unspecified atom stereocenters. The molecule has 0 radical (unpaired) electrons. The van der Waals surface area contributed by atoms with E-state index >= 15 is 0 Å². The maximum Gasteiger partial charge on any atom is 0.229 e. The van der Waals surface area contributed by atoms with Crippen LogP contribution in [0.15, 0.2) is 16.9 Å². The Morgan fingerprint density at radius 1 is 1.36 bits per heavy atom. The Labute approximate surface area is 154 Å². The van der Waals surface area contributed by atoms with Gasteiger partial charge in [0, 0.05) is 24.9 Å². The molecule has 0 spiro atoms. The van der Waals surface area contributed by atoms with Crippen molar-refractivity contribution < 1.29 is 8.42 Å². The number of aromatic nitrogens is 4. The molecule has 2 N–H and O–H groups in total. The van der Waals surface area contributed by atoms with Crippen molar-refractivity contribution in [2.45, 2.75) is 31.7 Å². The van der Waals surface area contributed by atoms with Crippen LogP contribution in [0.2, 0.25) is 0 Å². The number of sulfone groups is 1. The summed E-state index contributed by atoms with van der Waals surface area (Å²) in [4.78, 5) is 8.78. The largest absolute Gasteiger partial charge is 0.369 e. The fraction of sp³-hybridized carbons (Fsp3) is 0.533. The van der Waals surface area contributed by atoms with Gasteiger partial charge in [-0.05, 0) is 35.7 Å². The first-order valence-corrected chi connectivity index (χ1v) is 10.9. The number of rotatable bonds is 6. The standard InChI is InChI=1S/C15H19BrN6O2S/c1-2-17-14-11(16)5-18-15(20-14)19-12-6-22(10-7-25(23,24)8-10)21-13(12)9-3-4-9/h5-6,9-10H,2-4,7-8H2,1H3,(H2,17,18,19,20). The normalized spacial score (nSPS) is 19.4. The fourth-order valence-electron chi connectivity index (χ4n) is 2.88. The molecule has 0 amide bonds. The Morgan fingerprint density at radius 3 is 2.76 bits per heavy atom. The summed E-state index contributed by atoms with van der Waals surface area (Å²) in [6.45, 7) is 2.76. The van der Waals surface area contributed by atoms with E-state index in [1.807, 2.05) is 13.1 Å². The molecule has 1 saturated carbocycles. The Hall–Kier alpha value is -1.68. The highest BCUT2D eigenvalue weighted by atomic mass is 79.9. The first-order chi connectivity index (χ1) is 11.9. The molecule has 8 nitrogen and oxygen atoms in total. The van der Waals surface area contributed by atoms with E-state index in [2.05, 4.69) is 41.6 Å². The minimum Gasteiger partial charge on any atom is -0.369 e. The van der Waals surface area contributed by atoms with Crippen molar-refractivity contribution in [2.24, 2.45) is 0 Å². The Balaban J connectivity index is 1.59. The van der Waals surface area contributed by atoms with E-state index in [1.54, 1.807) is 10.9 Å². The van der Waals surface area contributed by atoms with E-state index in [1.165, 1.54) is 0 Å². The molecule has 0 aromatic carbocycles. The minimum absolute atomic E-state index is 0.0683. The van der Waals surface area contributed by atoms with Crippen molar-refractivity contribution in [1.29, 1.82) is 0 Å². The van der Waals surface area contributed by atoms with Crippen LogP contribution in [-0.2, 0) is 9.84 Å². The SMILES string of the molecule is CCNc1nc(Nc2cn(C3CS(=O)(=O)C3)nc2C2CC2)ncc1Br. The van der Waals surface area contributed by atoms with Crippen molar-refractivity contribution in [3.8, 4) is 0 Å². The van der Waals surface area contributed by atoms with Crippen LogP contribution in [0.1, 0.15) is 37.4 Å². The van der Waals surface area contributed by atoms with Crippen LogP contribution in [0, 0.1) is 0 Å². The summed E-state index contributed by atoms with van der Waals surface area (Å²) >= 11 is 3.43. The number of anilines is 3. The molecule has 25 heavy (non-hydrogen) atoms. The third-order valence-electron chi connectivity index (χ3n) is 4.33. The summed E-state index contributed by atoms with van der Waals surface area (Å²) in [5.74, 6) is 1.98. The molecule has 0 atom stereocenters. The second kappa shape index (κ2) is 6.24. The summed E-state index contributed by atoms with van der Waals surface area (Å²) in [6.07, 6.45) is 5.80. The lowest BCUT2D eigenvalue weighted by Gasteiger charge is -2.25. The highest BCUT2D eigenvalue weighted by Crippen LogP contribution is 2.43. The highest BCUT2D eigenvalue weighted by molar-refractivity contribution is 9.10. The predicted molar refractivity (Wildman–Crippen MR) is 99.1 cm³/mol. The van der Waals surface area contributed by atoms with Gasteiger partial charge in [-0.3, -0.25) is 4.68 Å². The average Bonchev–Trinajstić information content (AvgIpc) is 3.30. The molecular formula is C15H19BrN6O2S. The molecule has 10 heteroatoms. The molecule has 2 fully saturated rings. The predicted octanol–water partition coefficient (Wildman–Crippen LogP) is 2.46. The fourth-order valence-corrected chi connectivity index (χ4v) is 4.59. The maximum absolute atomic E-state index is 11.4. The van der Waals surface area contributed by atoms with E-state index in [-0.39, 0.29) is 17.5 Å². The smallest absolute Gasteiger partial charge is 0.229 e. The van der Waals surface area contributed by atoms with Crippen molar-refractivity contribution in [1.82, 2.24) is 19.7 Å². The van der Waals surface area contributed by atoms with Crippen LogP contribution in [0.5, 0.6) is 0 Å². The molecular weight excluding hydrogens is 408 g/mol. The number of halogens is 1. The van der Waals surface area contributed by atoms with Gasteiger partial charge < -0.3 is 10.6 Å². The second-order valence-corrected chi connectivity index (χ2v) is 9.47. The van der Waals surface area contributed by atoms with Crippen molar-refractivity contribution >= 4 is 43.2 Å². The van der Waals surface area contributed by atoms with E-state index in [4.69, 9.17) is 0 Å². The summed E-state index contributed by atoms with van der Waals surface area (Å²) in [7, 11) is -2.88. The van der Waals surface area contributed by atoms with Gasteiger partial charge in [0.15, 0.2) is 9.84 Å². The summed E-state index contributed by atoms with van der Waals surface area (Å²) in [6, 6.07) is -0.0683. The quantitative estimate of drug-likeness (QED) is 0.730. The number of nitrogens with one attached hydrogen (secondary N) is 2. The Morgan fingerprint density at radius 2 is 2.12 bits per heavy atom. The van der Waals surface area contributed by atoms with Gasteiger partial charge in [0.05, 0.1) is 33.4 Å². The van der Waals surface area contributed by atoms with Gasteiger partial charge in [-0.25, -0.2) is 13.4 Å². The Bertz CT molecular complexity index is 897. The van der Waals surface area contributed by atoms with E-state index in [0.29, 0.717) is 11.9 Å². The molecule has 3 heterocycles. The van der Waals surface area contributed by atoms with Crippen LogP contribution < -0.4 is 10.6 Å². The van der Waals surface area contributed by atoms with Crippen LogP contribution in [0.25, 0.3) is 0 Å². The topological polar surface area (TPSA) is 102 Å². The summed E-state index contributed by atoms with van der Waals surface area (Å²) in [5.41, 5.74) is 1.83. The number of hydrogen-bond donors (Lipinski definition) is 2. The second-order valence-electron chi connectivity index (χ2n) is 6.46. The molecule has 2 aromatic heterocycles. The van der Waals surface area contributed by atoms with E-state index in [9.17, 15) is 8.42 Å². The molecule has 4 rings (SSSR count). The molecule has 1 aliphatic heterocycles. The monoisotopic (exact) mass is 426 g/mol. The van der Waals surface area contributed by atoms with Crippen LogP contribution >= 0.6 is 15.9 Å². The zero-order chi connectivity index (χ0) is 17.6. The van der Waals surface area contributed by atoms with Crippen LogP contribution in [0.3, 0.4) is 0 Å². The van der Waals surface area contributed by atoms with Crippen LogP contribution in [-0.4, -0.2) is 46.2 Å². The van der Waals surface area contributed by atoms with Gasteiger partial charge in [0.1, 0.15) is 5.82 Å². The lowest BCUT2D eigenvalue weighted by Crippen LogP contribution is -2.38. The van der Waals surface area contributed by atoms with Gasteiger partial charge >= 0.3 is 0 Å². The molecule has 2 aromatic rings. The molecule has 134 valence electrons. The average molecular weight is 427 g/mol. The first-order valence-electron chi connectivity index (χ1n) is 8.28. The molecule has 1 aliphatic carbocycles. The third-order valence-corrected chi connectivity index (χ3v) is 6.69. The zero-order valence-electron chi connectivity index (χ0n) is 13.7. The number of nitrogens with zero attached hydrogens (tertiary/aromatic N) is 4. The molecule has 1 saturated heterocycles. The zero-order valence-corrected chi connectivity index (χ0v) is 16.1. The lowest BCUT2D eigenvalue weighted by atomic mass is 10.2. The molecule has 2 aliphatic rings. The van der Waals surface area contributed by atoms with Gasteiger partial charge in [0.25, 0.3) is 0 Å². The van der Waals surface area contributed by atoms with Crippen LogP contribution in [0.4, 0.5) is 17.5 Å². The first kappa shape index (κ1) is 16.8. The van der Waals surface area contributed by atoms with E-state index in [0.717, 1.165) is 41.1 Å². The molecule has 0 bridgehead atoms.